The Morgan fingerprint density at radius 1 is 1.21 bits per heavy atom. The van der Waals surface area contributed by atoms with Gasteiger partial charge >= 0.3 is 5.69 Å². The van der Waals surface area contributed by atoms with Crippen LogP contribution in [0.25, 0.3) is 0 Å². The van der Waals surface area contributed by atoms with Gasteiger partial charge < -0.3 is 10.6 Å². The Morgan fingerprint density at radius 3 is 2.41 bits per heavy atom. The van der Waals surface area contributed by atoms with Gasteiger partial charge in [0.15, 0.2) is 0 Å². The monoisotopic (exact) mass is 403 g/mol. The first-order valence-electron chi connectivity index (χ1n) is 9.85. The lowest BCUT2D eigenvalue weighted by molar-refractivity contribution is -0.384. The molecule has 0 aliphatic heterocycles. The number of unbranched alkanes of at least 4 members (excludes halogenated alkanes) is 1. The number of nitro benzene ring substituents is 1. The average Bonchev–Trinajstić information content (AvgIpc) is 2.66. The van der Waals surface area contributed by atoms with Crippen LogP contribution in [0, 0.1) is 16.0 Å². The number of aromatic nitrogens is 2. The van der Waals surface area contributed by atoms with Gasteiger partial charge in [0, 0.05) is 31.8 Å². The van der Waals surface area contributed by atoms with E-state index in [4.69, 9.17) is 5.73 Å². The molecule has 0 unspecified atom stereocenters. The number of hydrogen-bond acceptors (Lipinski definition) is 6. The van der Waals surface area contributed by atoms with Crippen LogP contribution >= 0.6 is 0 Å². The maximum atomic E-state index is 12.6. The zero-order valence-corrected chi connectivity index (χ0v) is 17.2. The highest BCUT2D eigenvalue weighted by Gasteiger charge is 2.19. The van der Waals surface area contributed by atoms with Crippen LogP contribution in [-0.4, -0.2) is 27.6 Å². The van der Waals surface area contributed by atoms with Crippen LogP contribution in [0.5, 0.6) is 0 Å². The molecule has 0 aliphatic carbocycles. The second-order valence-electron chi connectivity index (χ2n) is 7.51. The van der Waals surface area contributed by atoms with Crippen molar-refractivity contribution < 1.29 is 4.92 Å². The number of hydrogen-bond donors (Lipinski definition) is 2. The van der Waals surface area contributed by atoms with Crippen molar-refractivity contribution in [1.29, 1.82) is 0 Å². The molecule has 9 heteroatoms. The minimum absolute atomic E-state index is 0.0399. The molecule has 0 amide bonds. The van der Waals surface area contributed by atoms with Gasteiger partial charge in [-0.3, -0.25) is 24.5 Å². The molecule has 0 spiro atoms. The predicted molar refractivity (Wildman–Crippen MR) is 114 cm³/mol. The molecule has 0 fully saturated rings. The summed E-state index contributed by atoms with van der Waals surface area (Å²) in [5.41, 5.74) is 6.52. The van der Waals surface area contributed by atoms with Gasteiger partial charge in [-0.05, 0) is 24.3 Å². The van der Waals surface area contributed by atoms with Crippen molar-refractivity contribution in [3.8, 4) is 0 Å². The topological polar surface area (TPSA) is 127 Å². The zero-order valence-electron chi connectivity index (χ0n) is 17.2. The van der Waals surface area contributed by atoms with Crippen LogP contribution in [0.4, 0.5) is 17.2 Å². The number of non-ortho nitro benzene ring substituents is 1. The van der Waals surface area contributed by atoms with E-state index in [0.717, 1.165) is 18.4 Å². The summed E-state index contributed by atoms with van der Waals surface area (Å²) >= 11 is 0. The number of nitrogen functional groups attached to an aromatic ring is 1. The van der Waals surface area contributed by atoms with Crippen molar-refractivity contribution in [3.63, 3.8) is 0 Å². The molecule has 0 bridgehead atoms. The summed E-state index contributed by atoms with van der Waals surface area (Å²) in [5.74, 6) is 0.366. The van der Waals surface area contributed by atoms with Crippen molar-refractivity contribution in [1.82, 2.24) is 9.55 Å². The van der Waals surface area contributed by atoms with Gasteiger partial charge in [-0.2, -0.15) is 0 Å². The van der Waals surface area contributed by atoms with Crippen molar-refractivity contribution in [2.24, 2.45) is 5.92 Å². The van der Waals surface area contributed by atoms with Gasteiger partial charge in [0.25, 0.3) is 11.2 Å². The van der Waals surface area contributed by atoms with E-state index in [1.165, 1.54) is 16.7 Å². The van der Waals surface area contributed by atoms with E-state index in [1.807, 2.05) is 18.7 Å². The molecule has 0 atom stereocenters. The number of nitrogens with zero attached hydrogens (tertiary/aromatic N) is 3. The SMILES string of the molecule is CCCCN(CCc1ccc([N+](=O)[O-])cc1)c1c(N)n(CC(C)C)c(=O)[nH]c1=O. The molecule has 9 nitrogen and oxygen atoms in total. The standard InChI is InChI=1S/C20H29N5O4/c1-4-5-11-23(12-10-15-6-8-16(9-7-15)25(28)29)17-18(21)24(13-14(2)3)20(27)22-19(17)26/h6-9,14H,4-5,10-13,21H2,1-3H3,(H,22,26,27). The van der Waals surface area contributed by atoms with E-state index in [-0.39, 0.29) is 17.4 Å². The lowest BCUT2D eigenvalue weighted by Gasteiger charge is -2.26. The molecule has 2 aromatic rings. The molecule has 0 saturated heterocycles. The predicted octanol–water partition coefficient (Wildman–Crippen LogP) is 2.53. The highest BCUT2D eigenvalue weighted by atomic mass is 16.6. The van der Waals surface area contributed by atoms with Crippen molar-refractivity contribution in [3.05, 3.63) is 60.8 Å². The van der Waals surface area contributed by atoms with Gasteiger partial charge in [0.2, 0.25) is 0 Å². The molecule has 2 rings (SSSR count). The number of H-pyrrole nitrogens is 1. The number of nitro groups is 1. The molecule has 0 aliphatic rings. The second kappa shape index (κ2) is 9.90. The van der Waals surface area contributed by atoms with E-state index in [9.17, 15) is 19.7 Å². The Labute approximate surface area is 169 Å². The van der Waals surface area contributed by atoms with Gasteiger partial charge in [0.1, 0.15) is 11.5 Å². The molecule has 1 heterocycles. The number of nitrogens with one attached hydrogen (secondary N) is 1. The third kappa shape index (κ3) is 5.69. The zero-order chi connectivity index (χ0) is 21.6. The largest absolute Gasteiger partial charge is 0.383 e. The lowest BCUT2D eigenvalue weighted by atomic mass is 10.1. The quantitative estimate of drug-likeness (QED) is 0.463. The summed E-state index contributed by atoms with van der Waals surface area (Å²) in [6.45, 7) is 7.54. The average molecular weight is 403 g/mol. The Bertz CT molecular complexity index is 947. The van der Waals surface area contributed by atoms with E-state index in [1.54, 1.807) is 12.1 Å². The van der Waals surface area contributed by atoms with Gasteiger partial charge in [-0.15, -0.1) is 0 Å². The van der Waals surface area contributed by atoms with Crippen LogP contribution < -0.4 is 21.9 Å². The van der Waals surface area contributed by atoms with Crippen molar-refractivity contribution in [2.75, 3.05) is 23.7 Å². The molecule has 0 radical (unpaired) electrons. The number of anilines is 2. The Balaban J connectivity index is 2.33. The molecule has 0 saturated carbocycles. The minimum atomic E-state index is -0.504. The van der Waals surface area contributed by atoms with E-state index in [0.29, 0.717) is 31.7 Å². The highest BCUT2D eigenvalue weighted by Crippen LogP contribution is 2.19. The van der Waals surface area contributed by atoms with E-state index < -0.39 is 16.2 Å². The highest BCUT2D eigenvalue weighted by molar-refractivity contribution is 5.62. The van der Waals surface area contributed by atoms with Crippen LogP contribution in [-0.2, 0) is 13.0 Å². The Hall–Kier alpha value is -3.10. The van der Waals surface area contributed by atoms with Gasteiger partial charge in [-0.1, -0.05) is 39.3 Å². The molecule has 158 valence electrons. The molecular weight excluding hydrogens is 374 g/mol. The maximum absolute atomic E-state index is 12.6. The number of aromatic amines is 1. The summed E-state index contributed by atoms with van der Waals surface area (Å²) in [4.78, 5) is 39.4. The molecule has 3 N–H and O–H groups in total. The third-order valence-corrected chi connectivity index (χ3v) is 4.68. The summed E-state index contributed by atoms with van der Waals surface area (Å²) < 4.78 is 1.41. The first-order valence-corrected chi connectivity index (χ1v) is 9.85. The Morgan fingerprint density at radius 2 is 1.86 bits per heavy atom. The smallest absolute Gasteiger partial charge is 0.330 e. The minimum Gasteiger partial charge on any atom is -0.383 e. The van der Waals surface area contributed by atoms with E-state index in [2.05, 4.69) is 11.9 Å². The summed E-state index contributed by atoms with van der Waals surface area (Å²) in [6.07, 6.45) is 2.39. The van der Waals surface area contributed by atoms with Crippen molar-refractivity contribution in [2.45, 2.75) is 46.6 Å². The number of rotatable bonds is 10. The summed E-state index contributed by atoms with van der Waals surface area (Å²) in [6, 6.07) is 6.36. The summed E-state index contributed by atoms with van der Waals surface area (Å²) in [5, 5.41) is 10.8. The fourth-order valence-corrected chi connectivity index (χ4v) is 3.16. The Kier molecular flexibility index (Phi) is 7.58. The van der Waals surface area contributed by atoms with E-state index >= 15 is 0 Å². The van der Waals surface area contributed by atoms with Crippen LogP contribution in [0.15, 0.2) is 33.9 Å². The number of nitrogens with two attached hydrogens (primary N) is 1. The van der Waals surface area contributed by atoms with Crippen LogP contribution in [0.2, 0.25) is 0 Å². The molecule has 1 aromatic carbocycles. The first-order chi connectivity index (χ1) is 13.7. The maximum Gasteiger partial charge on any atom is 0.330 e. The third-order valence-electron chi connectivity index (χ3n) is 4.68. The van der Waals surface area contributed by atoms with Gasteiger partial charge in [-0.25, -0.2) is 4.79 Å². The van der Waals surface area contributed by atoms with Crippen molar-refractivity contribution >= 4 is 17.2 Å². The second-order valence-corrected chi connectivity index (χ2v) is 7.51. The van der Waals surface area contributed by atoms with Crippen LogP contribution in [0.3, 0.4) is 0 Å². The fourth-order valence-electron chi connectivity index (χ4n) is 3.16. The fraction of sp³-hybridized carbons (Fsp3) is 0.500. The molecule has 1 aromatic heterocycles. The molecule has 29 heavy (non-hydrogen) atoms. The molecular formula is C20H29N5O4. The normalized spacial score (nSPS) is 11.0. The first kappa shape index (κ1) is 22.2. The summed E-state index contributed by atoms with van der Waals surface area (Å²) in [7, 11) is 0. The number of benzene rings is 1. The van der Waals surface area contributed by atoms with Gasteiger partial charge in [0.05, 0.1) is 4.92 Å². The van der Waals surface area contributed by atoms with Crippen LogP contribution in [0.1, 0.15) is 39.2 Å². The lowest BCUT2D eigenvalue weighted by Crippen LogP contribution is -2.40.